The number of nitrogens with one attached hydrogen (secondary N) is 1. The number of carboxylic acids is 1. The number of carboxylic acid groups (broad SMARTS) is 1. The van der Waals surface area contributed by atoms with Gasteiger partial charge in [-0.05, 0) is 32.1 Å². The Kier molecular flexibility index (Phi) is 10.9. The largest absolute Gasteiger partial charge is 0.480 e. The van der Waals surface area contributed by atoms with E-state index in [2.05, 4.69) is 23.7 Å². The molecule has 0 aromatic carbocycles. The molecule has 1 heterocycles. The van der Waals surface area contributed by atoms with Crippen LogP contribution in [0.25, 0.3) is 0 Å². The molecule has 23 heavy (non-hydrogen) atoms. The molecule has 1 aliphatic heterocycles. The molecule has 0 aromatic rings. The predicted molar refractivity (Wildman–Crippen MR) is 93.5 cm³/mol. The summed E-state index contributed by atoms with van der Waals surface area (Å²) in [7, 11) is 0. The van der Waals surface area contributed by atoms with Crippen molar-refractivity contribution in [3.63, 3.8) is 0 Å². The van der Waals surface area contributed by atoms with Crippen LogP contribution in [0, 0.1) is 0 Å². The van der Waals surface area contributed by atoms with Crippen molar-refractivity contribution in [1.82, 2.24) is 10.2 Å². The molecule has 1 fully saturated rings. The van der Waals surface area contributed by atoms with E-state index in [1.54, 1.807) is 0 Å². The molecule has 0 spiro atoms. The number of rotatable bonds is 14. The molecule has 0 amide bonds. The van der Waals surface area contributed by atoms with Crippen molar-refractivity contribution in [2.45, 2.75) is 70.4 Å². The molecule has 5 heteroatoms. The molecule has 1 unspecified atom stereocenters. The maximum atomic E-state index is 11.3. The van der Waals surface area contributed by atoms with Crippen LogP contribution < -0.4 is 5.32 Å². The Morgan fingerprint density at radius 3 is 2.96 bits per heavy atom. The van der Waals surface area contributed by atoms with Crippen molar-refractivity contribution >= 4 is 5.97 Å². The van der Waals surface area contributed by atoms with E-state index < -0.39 is 12.0 Å². The van der Waals surface area contributed by atoms with Gasteiger partial charge in [0, 0.05) is 26.4 Å². The summed E-state index contributed by atoms with van der Waals surface area (Å²) in [6, 6.07) is -0.446. The fraction of sp³-hybridized carbons (Fsp3) is 0.833. The topological polar surface area (TPSA) is 61.8 Å². The van der Waals surface area contributed by atoms with Gasteiger partial charge in [-0.3, -0.25) is 15.0 Å². The van der Waals surface area contributed by atoms with E-state index in [0.29, 0.717) is 19.2 Å². The smallest absolute Gasteiger partial charge is 0.320 e. The van der Waals surface area contributed by atoms with Crippen molar-refractivity contribution in [2.75, 3.05) is 26.4 Å². The van der Waals surface area contributed by atoms with Gasteiger partial charge >= 0.3 is 5.97 Å². The molecule has 1 saturated heterocycles. The van der Waals surface area contributed by atoms with E-state index in [4.69, 9.17) is 4.74 Å². The van der Waals surface area contributed by atoms with Gasteiger partial charge in [0.05, 0.1) is 6.10 Å². The predicted octanol–water partition coefficient (Wildman–Crippen LogP) is 3.01. The highest BCUT2D eigenvalue weighted by Crippen LogP contribution is 2.13. The van der Waals surface area contributed by atoms with Crippen LogP contribution in [0.4, 0.5) is 0 Å². The second-order valence-corrected chi connectivity index (χ2v) is 6.39. The first-order valence-corrected chi connectivity index (χ1v) is 9.08. The zero-order chi connectivity index (χ0) is 16.9. The minimum absolute atomic E-state index is 0.311. The van der Waals surface area contributed by atoms with Gasteiger partial charge in [0.1, 0.15) is 6.04 Å². The van der Waals surface area contributed by atoms with Crippen LogP contribution in [-0.2, 0) is 9.53 Å². The van der Waals surface area contributed by atoms with Crippen molar-refractivity contribution in [3.8, 4) is 0 Å². The van der Waals surface area contributed by atoms with Gasteiger partial charge in [0.25, 0.3) is 0 Å². The number of nitrogens with zero attached hydrogens (tertiary/aromatic N) is 1. The zero-order valence-electron chi connectivity index (χ0n) is 14.6. The second-order valence-electron chi connectivity index (χ2n) is 6.39. The molecule has 134 valence electrons. The fourth-order valence-corrected chi connectivity index (χ4v) is 2.84. The van der Waals surface area contributed by atoms with Gasteiger partial charge in [0.2, 0.25) is 0 Å². The van der Waals surface area contributed by atoms with Crippen LogP contribution >= 0.6 is 0 Å². The molecule has 0 saturated carbocycles. The molecule has 0 radical (unpaired) electrons. The highest BCUT2D eigenvalue weighted by molar-refractivity contribution is 5.73. The van der Waals surface area contributed by atoms with E-state index >= 15 is 0 Å². The van der Waals surface area contributed by atoms with Crippen molar-refractivity contribution in [3.05, 3.63) is 12.7 Å². The lowest BCUT2D eigenvalue weighted by molar-refractivity contribution is -0.139. The summed E-state index contributed by atoms with van der Waals surface area (Å²) >= 11 is 0. The van der Waals surface area contributed by atoms with Crippen molar-refractivity contribution in [1.29, 1.82) is 0 Å². The summed E-state index contributed by atoms with van der Waals surface area (Å²) in [4.78, 5) is 13.6. The lowest BCUT2D eigenvalue weighted by atomic mass is 10.1. The second kappa shape index (κ2) is 12.5. The molecule has 0 bridgehead atoms. The number of hydrogen-bond acceptors (Lipinski definition) is 4. The molecular weight excluding hydrogens is 292 g/mol. The number of likely N-dealkylation sites (tertiary alicyclic amines) is 1. The number of ether oxygens (including phenoxy) is 1. The summed E-state index contributed by atoms with van der Waals surface area (Å²) in [5.41, 5.74) is 0. The Morgan fingerprint density at radius 2 is 2.26 bits per heavy atom. The first-order chi connectivity index (χ1) is 11.2. The Balaban J connectivity index is 2.17. The highest BCUT2D eigenvalue weighted by Gasteiger charge is 2.24. The molecule has 0 aromatic heterocycles. The molecule has 1 aliphatic rings. The zero-order valence-corrected chi connectivity index (χ0v) is 14.6. The molecule has 5 nitrogen and oxygen atoms in total. The third-order valence-electron chi connectivity index (χ3n) is 4.34. The van der Waals surface area contributed by atoms with Gasteiger partial charge in [-0.1, -0.05) is 32.3 Å². The third kappa shape index (κ3) is 9.08. The average molecular weight is 326 g/mol. The van der Waals surface area contributed by atoms with Crippen LogP contribution in [0.1, 0.15) is 58.3 Å². The summed E-state index contributed by atoms with van der Waals surface area (Å²) in [5, 5.41) is 12.5. The van der Waals surface area contributed by atoms with Gasteiger partial charge in [-0.2, -0.15) is 0 Å². The minimum Gasteiger partial charge on any atom is -0.480 e. The molecule has 0 aliphatic carbocycles. The number of allylic oxidation sites excluding steroid dienone is 1. The third-order valence-corrected chi connectivity index (χ3v) is 4.34. The maximum absolute atomic E-state index is 11.3. The standard InChI is InChI=1S/C18H34N2O3/c1-3-5-7-8-9-10-17(18(21)22)19-15-20-12-11-16(14-20)23-13-6-4-2/h3,16-17,19H,1,4-15H2,2H3,(H,21,22)/t16-,17?/m0/s1. The van der Waals surface area contributed by atoms with Crippen LogP contribution in [0.3, 0.4) is 0 Å². The highest BCUT2D eigenvalue weighted by atomic mass is 16.5. The maximum Gasteiger partial charge on any atom is 0.320 e. The fourth-order valence-electron chi connectivity index (χ4n) is 2.84. The van der Waals surface area contributed by atoms with Gasteiger partial charge < -0.3 is 9.84 Å². The Hall–Kier alpha value is -0.910. The number of aliphatic carboxylic acids is 1. The van der Waals surface area contributed by atoms with E-state index in [-0.39, 0.29) is 0 Å². The summed E-state index contributed by atoms with van der Waals surface area (Å²) in [6.07, 6.45) is 10.4. The van der Waals surface area contributed by atoms with Crippen LogP contribution in [0.5, 0.6) is 0 Å². The SMILES string of the molecule is C=CCCCCCC(NCN1CC[C@H](OCCCC)C1)C(=O)O. The average Bonchev–Trinajstić information content (AvgIpc) is 2.98. The minimum atomic E-state index is -0.747. The molecule has 2 N–H and O–H groups in total. The molecule has 2 atom stereocenters. The van der Waals surface area contributed by atoms with E-state index in [1.807, 2.05) is 6.08 Å². The normalized spacial score (nSPS) is 19.8. The van der Waals surface area contributed by atoms with Gasteiger partial charge in [0.15, 0.2) is 0 Å². The van der Waals surface area contributed by atoms with Crippen LogP contribution in [0.2, 0.25) is 0 Å². The Morgan fingerprint density at radius 1 is 1.43 bits per heavy atom. The van der Waals surface area contributed by atoms with Crippen molar-refractivity contribution < 1.29 is 14.6 Å². The first-order valence-electron chi connectivity index (χ1n) is 9.08. The Labute approximate surface area is 141 Å². The Bertz CT molecular complexity index is 336. The lowest BCUT2D eigenvalue weighted by Gasteiger charge is -2.20. The molecule has 1 rings (SSSR count). The summed E-state index contributed by atoms with van der Waals surface area (Å²) < 4.78 is 5.84. The number of carbonyl (C=O) groups is 1. The van der Waals surface area contributed by atoms with E-state index in [1.165, 1.54) is 0 Å². The van der Waals surface area contributed by atoms with Crippen LogP contribution in [-0.4, -0.2) is 54.5 Å². The summed E-state index contributed by atoms with van der Waals surface area (Å²) in [5.74, 6) is -0.747. The molecular formula is C18H34N2O3. The van der Waals surface area contributed by atoms with Gasteiger partial charge in [-0.25, -0.2) is 0 Å². The van der Waals surface area contributed by atoms with Crippen molar-refractivity contribution in [2.24, 2.45) is 0 Å². The van der Waals surface area contributed by atoms with E-state index in [9.17, 15) is 9.90 Å². The lowest BCUT2D eigenvalue weighted by Crippen LogP contribution is -2.43. The van der Waals surface area contributed by atoms with E-state index in [0.717, 1.165) is 64.6 Å². The number of hydrogen-bond donors (Lipinski definition) is 2. The quantitative estimate of drug-likeness (QED) is 0.379. The first kappa shape index (κ1) is 20.1. The van der Waals surface area contributed by atoms with Crippen LogP contribution in [0.15, 0.2) is 12.7 Å². The number of unbranched alkanes of at least 4 members (excludes halogenated alkanes) is 4. The monoisotopic (exact) mass is 326 g/mol. The summed E-state index contributed by atoms with van der Waals surface area (Å²) in [6.45, 7) is 9.23. The van der Waals surface area contributed by atoms with Gasteiger partial charge in [-0.15, -0.1) is 6.58 Å².